The van der Waals surface area contributed by atoms with Gasteiger partial charge in [0.05, 0.1) is 35.5 Å². The lowest BCUT2D eigenvalue weighted by Crippen LogP contribution is -2.29. The number of aliphatic hydroxyl groups excluding tert-OH is 1. The van der Waals surface area contributed by atoms with Crippen LogP contribution in [-0.2, 0) is 16.2 Å². The zero-order valence-corrected chi connectivity index (χ0v) is 27.6. The van der Waals surface area contributed by atoms with Crippen LogP contribution in [0.3, 0.4) is 0 Å². The van der Waals surface area contributed by atoms with Crippen molar-refractivity contribution in [2.45, 2.75) is 46.3 Å². The minimum absolute atomic E-state index is 0.0483. The van der Waals surface area contributed by atoms with Crippen molar-refractivity contribution in [1.29, 1.82) is 0 Å². The van der Waals surface area contributed by atoms with Crippen molar-refractivity contribution in [3.8, 4) is 17.2 Å². The fourth-order valence-electron chi connectivity index (χ4n) is 5.74. The van der Waals surface area contributed by atoms with Gasteiger partial charge in [-0.15, -0.1) is 0 Å². The van der Waals surface area contributed by atoms with Crippen molar-refractivity contribution in [1.82, 2.24) is 4.98 Å². The first-order chi connectivity index (χ1) is 22.8. The Bertz CT molecular complexity index is 1980. The van der Waals surface area contributed by atoms with Crippen molar-refractivity contribution in [3.05, 3.63) is 118 Å². The summed E-state index contributed by atoms with van der Waals surface area (Å²) in [6, 6.07) is 25.0. The normalized spacial score (nSPS) is 15.7. The Hall–Kier alpha value is -5.15. The van der Waals surface area contributed by atoms with Gasteiger partial charge < -0.3 is 19.3 Å². The van der Waals surface area contributed by atoms with Crippen molar-refractivity contribution in [2.24, 2.45) is 0 Å². The number of thiazole rings is 1. The van der Waals surface area contributed by atoms with E-state index >= 15 is 0 Å². The molecule has 1 unspecified atom stereocenters. The van der Waals surface area contributed by atoms with E-state index < -0.39 is 17.7 Å². The molecule has 47 heavy (non-hydrogen) atoms. The summed E-state index contributed by atoms with van der Waals surface area (Å²) in [6.45, 7) is 6.91. The molecule has 1 aliphatic rings. The second-order valence-electron chi connectivity index (χ2n) is 11.5. The second-order valence-corrected chi connectivity index (χ2v) is 12.5. The molecule has 9 heteroatoms. The number of aliphatic hydroxyl groups is 1. The molecule has 8 nitrogen and oxygen atoms in total. The van der Waals surface area contributed by atoms with Gasteiger partial charge in [0.15, 0.2) is 16.6 Å². The molecule has 1 amide bonds. The molecule has 5 aromatic rings. The number of aryl methyl sites for hydroxylation is 2. The summed E-state index contributed by atoms with van der Waals surface area (Å²) in [5.74, 6) is -0.393. The molecule has 1 aliphatic heterocycles. The third-order valence-corrected chi connectivity index (χ3v) is 9.09. The summed E-state index contributed by atoms with van der Waals surface area (Å²) in [5, 5.41) is 12.1. The smallest absolute Gasteiger partial charge is 0.301 e. The zero-order valence-electron chi connectivity index (χ0n) is 26.8. The van der Waals surface area contributed by atoms with Crippen LogP contribution in [-0.4, -0.2) is 35.5 Å². The Morgan fingerprint density at radius 2 is 1.74 bits per heavy atom. The highest BCUT2D eigenvalue weighted by Crippen LogP contribution is 2.46. The number of ether oxygens (including phenoxy) is 3. The molecule has 1 fully saturated rings. The lowest BCUT2D eigenvalue weighted by molar-refractivity contribution is -0.132. The predicted octanol–water partition coefficient (Wildman–Crippen LogP) is 8.31. The van der Waals surface area contributed by atoms with Crippen LogP contribution in [0, 0.1) is 13.8 Å². The summed E-state index contributed by atoms with van der Waals surface area (Å²) >= 11 is 1.33. The molecular formula is C38H36N2O6S. The van der Waals surface area contributed by atoms with Crippen molar-refractivity contribution < 1.29 is 28.9 Å². The van der Waals surface area contributed by atoms with Crippen molar-refractivity contribution >= 4 is 44.1 Å². The van der Waals surface area contributed by atoms with E-state index in [9.17, 15) is 14.7 Å². The van der Waals surface area contributed by atoms with Gasteiger partial charge in [0.2, 0.25) is 0 Å². The molecule has 240 valence electrons. The highest BCUT2D eigenvalue weighted by Gasteiger charge is 2.48. The van der Waals surface area contributed by atoms with Gasteiger partial charge >= 0.3 is 5.91 Å². The number of nitrogens with zero attached hydrogens (tertiary/aromatic N) is 2. The molecule has 1 saturated heterocycles. The number of unbranched alkanes of at least 4 members (excludes halogenated alkanes) is 1. The van der Waals surface area contributed by atoms with Gasteiger partial charge in [-0.25, -0.2) is 4.98 Å². The lowest BCUT2D eigenvalue weighted by atomic mass is 9.95. The first kappa shape index (κ1) is 31.8. The highest BCUT2D eigenvalue weighted by atomic mass is 32.1. The van der Waals surface area contributed by atoms with Crippen LogP contribution in [0.4, 0.5) is 5.13 Å². The van der Waals surface area contributed by atoms with E-state index in [1.54, 1.807) is 42.5 Å². The molecule has 1 atom stereocenters. The maximum Gasteiger partial charge on any atom is 0.301 e. The molecule has 0 aliphatic carbocycles. The van der Waals surface area contributed by atoms with Crippen LogP contribution >= 0.6 is 11.3 Å². The van der Waals surface area contributed by atoms with E-state index in [2.05, 4.69) is 6.92 Å². The maximum atomic E-state index is 13.9. The molecule has 0 spiro atoms. The number of hydrogen-bond acceptors (Lipinski definition) is 8. The molecule has 1 N–H and O–H groups in total. The number of benzene rings is 4. The first-order valence-corrected chi connectivity index (χ1v) is 16.4. The average Bonchev–Trinajstić information content (AvgIpc) is 3.62. The topological polar surface area (TPSA) is 98.2 Å². The number of aromatic nitrogens is 1. The number of fused-ring (bicyclic) bond motifs is 1. The van der Waals surface area contributed by atoms with E-state index in [0.717, 1.165) is 39.7 Å². The Kier molecular flexibility index (Phi) is 9.26. The lowest BCUT2D eigenvalue weighted by Gasteiger charge is -2.24. The van der Waals surface area contributed by atoms with Crippen LogP contribution in [0.1, 0.15) is 53.6 Å². The van der Waals surface area contributed by atoms with E-state index in [4.69, 9.17) is 19.2 Å². The first-order valence-electron chi connectivity index (χ1n) is 15.6. The number of ketones is 1. The van der Waals surface area contributed by atoms with Crippen LogP contribution in [0.15, 0.2) is 90.5 Å². The number of methoxy groups -OCH3 is 1. The van der Waals surface area contributed by atoms with E-state index in [-0.39, 0.29) is 11.3 Å². The van der Waals surface area contributed by atoms with Gasteiger partial charge in [0.1, 0.15) is 18.1 Å². The van der Waals surface area contributed by atoms with Crippen molar-refractivity contribution in [3.63, 3.8) is 0 Å². The second kappa shape index (κ2) is 13.7. The third kappa shape index (κ3) is 6.44. The standard InChI is InChI=1S/C38H36N2O6S/c1-5-6-17-45-28-14-10-13-27(20-28)35(41)32-34(26-15-16-29(30(21-26)44-4)46-22-25-11-8-7-9-12-25)40(37(43)36(32)42)38-39-33-24(3)18-23(2)19-31(33)47-38/h7-16,18-21,34,41H,5-6,17,22H2,1-4H3. The third-order valence-electron chi connectivity index (χ3n) is 8.08. The SMILES string of the molecule is CCCCOc1cccc(C(O)=C2C(=O)C(=O)N(c3nc4c(C)cc(C)cc4s3)C2c2ccc(OCc3ccccc3)c(OC)c2)c1. The van der Waals surface area contributed by atoms with E-state index in [0.29, 0.717) is 46.7 Å². The van der Waals surface area contributed by atoms with E-state index in [1.165, 1.54) is 23.3 Å². The van der Waals surface area contributed by atoms with Gasteiger partial charge in [-0.3, -0.25) is 14.5 Å². The Morgan fingerprint density at radius 1 is 0.936 bits per heavy atom. The van der Waals surface area contributed by atoms with Crippen LogP contribution in [0.2, 0.25) is 0 Å². The largest absolute Gasteiger partial charge is 0.507 e. The minimum atomic E-state index is -0.987. The van der Waals surface area contributed by atoms with Crippen LogP contribution in [0.5, 0.6) is 17.2 Å². The maximum absolute atomic E-state index is 13.9. The zero-order chi connectivity index (χ0) is 33.1. The quantitative estimate of drug-likeness (QED) is 0.0666. The number of rotatable bonds is 11. The summed E-state index contributed by atoms with van der Waals surface area (Å²) in [5.41, 5.74) is 4.67. The summed E-state index contributed by atoms with van der Waals surface area (Å²) in [4.78, 5) is 34.0. The Labute approximate surface area is 277 Å². The number of Topliss-reactive ketones (excluding diaryl/α,β-unsaturated/α-hetero) is 1. The molecule has 6 rings (SSSR count). The number of amides is 1. The molecule has 0 bridgehead atoms. The van der Waals surface area contributed by atoms with Gasteiger partial charge in [0, 0.05) is 5.56 Å². The van der Waals surface area contributed by atoms with Gasteiger partial charge in [-0.2, -0.15) is 0 Å². The van der Waals surface area contributed by atoms with Crippen molar-refractivity contribution in [2.75, 3.05) is 18.6 Å². The number of carbonyl (C=O) groups excluding carboxylic acids is 2. The molecule has 0 saturated carbocycles. The highest BCUT2D eigenvalue weighted by molar-refractivity contribution is 7.22. The molecule has 1 aromatic heterocycles. The number of carbonyl (C=O) groups is 2. The summed E-state index contributed by atoms with van der Waals surface area (Å²) < 4.78 is 18.6. The fourth-order valence-corrected chi connectivity index (χ4v) is 6.91. The summed E-state index contributed by atoms with van der Waals surface area (Å²) in [7, 11) is 1.54. The van der Waals surface area contributed by atoms with Crippen LogP contribution in [0.25, 0.3) is 16.0 Å². The molecular weight excluding hydrogens is 612 g/mol. The monoisotopic (exact) mass is 648 g/mol. The Balaban J connectivity index is 1.47. The molecule has 4 aromatic carbocycles. The number of anilines is 1. The fraction of sp³-hybridized carbons (Fsp3) is 0.237. The predicted molar refractivity (Wildman–Crippen MR) is 184 cm³/mol. The molecule has 0 radical (unpaired) electrons. The molecule has 2 heterocycles. The number of hydrogen-bond donors (Lipinski definition) is 1. The van der Waals surface area contributed by atoms with Gasteiger partial charge in [-0.1, -0.05) is 79.3 Å². The van der Waals surface area contributed by atoms with E-state index in [1.807, 2.05) is 56.3 Å². The summed E-state index contributed by atoms with van der Waals surface area (Å²) in [6.07, 6.45) is 1.86. The average molecular weight is 649 g/mol. The van der Waals surface area contributed by atoms with Crippen LogP contribution < -0.4 is 19.1 Å². The minimum Gasteiger partial charge on any atom is -0.507 e. The van der Waals surface area contributed by atoms with Gasteiger partial charge in [0.25, 0.3) is 5.78 Å². The van der Waals surface area contributed by atoms with Gasteiger partial charge in [-0.05, 0) is 72.9 Å². The Morgan fingerprint density at radius 3 is 2.51 bits per heavy atom.